The monoisotopic (exact) mass is 530 g/mol. The van der Waals surface area contributed by atoms with Crippen molar-refractivity contribution in [1.82, 2.24) is 0 Å². The number of ketones is 1. The molecule has 4 aromatic carbocycles. The van der Waals surface area contributed by atoms with Crippen molar-refractivity contribution in [3.63, 3.8) is 0 Å². The molecule has 198 valence electrons. The van der Waals surface area contributed by atoms with Crippen LogP contribution in [0.15, 0.2) is 91.0 Å². The molecule has 40 heavy (non-hydrogen) atoms. The zero-order valence-corrected chi connectivity index (χ0v) is 22.0. The molecule has 4 atom stereocenters. The minimum absolute atomic E-state index is 0.187. The lowest BCUT2D eigenvalue weighted by Crippen LogP contribution is -2.48. The Labute approximate surface area is 231 Å². The van der Waals surface area contributed by atoms with Gasteiger partial charge in [-0.05, 0) is 29.0 Å². The molecule has 3 aliphatic heterocycles. The number of benzene rings is 4. The van der Waals surface area contributed by atoms with Gasteiger partial charge in [0.2, 0.25) is 11.8 Å². The zero-order chi connectivity index (χ0) is 27.5. The summed E-state index contributed by atoms with van der Waals surface area (Å²) in [5, 5.41) is 2.14. The maximum atomic E-state index is 14.3. The maximum absolute atomic E-state index is 14.3. The number of Topliss-reactive ketones (excluding diaryl/α,β-unsaturated/α-hetero) is 1. The second kappa shape index (κ2) is 9.09. The van der Waals surface area contributed by atoms with Crippen LogP contribution in [0.1, 0.15) is 15.9 Å². The van der Waals surface area contributed by atoms with Crippen molar-refractivity contribution in [1.29, 1.82) is 0 Å². The lowest BCUT2D eigenvalue weighted by molar-refractivity contribution is -0.122. The molecule has 3 heterocycles. The quantitative estimate of drug-likeness (QED) is 0.263. The van der Waals surface area contributed by atoms with Crippen molar-refractivity contribution in [2.24, 2.45) is 11.8 Å². The Kier molecular flexibility index (Phi) is 5.49. The molecular weight excluding hydrogens is 504 g/mol. The molecule has 0 bridgehead atoms. The van der Waals surface area contributed by atoms with Crippen LogP contribution in [-0.2, 0) is 9.59 Å². The van der Waals surface area contributed by atoms with Gasteiger partial charge in [0.1, 0.15) is 17.5 Å². The molecule has 0 N–H and O–H groups in total. The number of anilines is 2. The predicted molar refractivity (Wildman–Crippen MR) is 153 cm³/mol. The third-order valence-corrected chi connectivity index (χ3v) is 8.37. The summed E-state index contributed by atoms with van der Waals surface area (Å²) < 4.78 is 10.9. The summed E-state index contributed by atoms with van der Waals surface area (Å²) in [5.41, 5.74) is 2.64. The second-order valence-corrected chi connectivity index (χ2v) is 10.3. The lowest BCUT2D eigenvalue weighted by Gasteiger charge is -2.37. The highest BCUT2D eigenvalue weighted by Gasteiger charge is 2.64. The van der Waals surface area contributed by atoms with E-state index in [4.69, 9.17) is 9.47 Å². The van der Waals surface area contributed by atoms with Crippen molar-refractivity contribution in [3.05, 3.63) is 102 Å². The molecule has 2 fully saturated rings. The van der Waals surface area contributed by atoms with Gasteiger partial charge in [0.15, 0.2) is 5.78 Å². The molecule has 0 saturated carbocycles. The summed E-state index contributed by atoms with van der Waals surface area (Å²) >= 11 is 0. The van der Waals surface area contributed by atoms with E-state index < -0.39 is 29.8 Å². The summed E-state index contributed by atoms with van der Waals surface area (Å²) in [4.78, 5) is 45.9. The Morgan fingerprint density at radius 2 is 1.52 bits per heavy atom. The number of hydrogen-bond acceptors (Lipinski definition) is 6. The van der Waals surface area contributed by atoms with E-state index >= 15 is 0 Å². The van der Waals surface area contributed by atoms with Crippen LogP contribution in [0.4, 0.5) is 11.4 Å². The summed E-state index contributed by atoms with van der Waals surface area (Å²) in [6, 6.07) is 24.8. The van der Waals surface area contributed by atoms with Gasteiger partial charge >= 0.3 is 0 Å². The van der Waals surface area contributed by atoms with Crippen LogP contribution in [0.25, 0.3) is 16.8 Å². The van der Waals surface area contributed by atoms with E-state index in [0.29, 0.717) is 22.7 Å². The Hall–Kier alpha value is -4.91. The third-order valence-electron chi connectivity index (χ3n) is 8.37. The molecule has 0 radical (unpaired) electrons. The Bertz CT molecular complexity index is 1730. The maximum Gasteiger partial charge on any atom is 0.240 e. The number of carbonyl (C=O) groups is 3. The molecule has 4 aromatic rings. The van der Waals surface area contributed by atoms with Gasteiger partial charge in [0, 0.05) is 22.9 Å². The Balaban J connectivity index is 1.41. The van der Waals surface area contributed by atoms with E-state index in [-0.39, 0.29) is 11.7 Å². The first-order chi connectivity index (χ1) is 19.5. The summed E-state index contributed by atoms with van der Waals surface area (Å²) in [6.45, 7) is 0. The summed E-state index contributed by atoms with van der Waals surface area (Å²) in [5.74, 6) is -1.70. The van der Waals surface area contributed by atoms with E-state index in [0.717, 1.165) is 22.0 Å². The Morgan fingerprint density at radius 1 is 0.775 bits per heavy atom. The summed E-state index contributed by atoms with van der Waals surface area (Å²) in [6.07, 6.45) is 4.00. The second-order valence-electron chi connectivity index (χ2n) is 10.3. The van der Waals surface area contributed by atoms with Crippen LogP contribution in [0.3, 0.4) is 0 Å². The van der Waals surface area contributed by atoms with Crippen molar-refractivity contribution in [2.75, 3.05) is 24.0 Å². The topological polar surface area (TPSA) is 76.2 Å². The number of carbonyl (C=O) groups excluding carboxylic acids is 3. The smallest absolute Gasteiger partial charge is 0.240 e. The van der Waals surface area contributed by atoms with Gasteiger partial charge in [-0.3, -0.25) is 14.4 Å². The van der Waals surface area contributed by atoms with Crippen LogP contribution in [-0.4, -0.2) is 43.9 Å². The van der Waals surface area contributed by atoms with E-state index in [1.807, 2.05) is 65.6 Å². The van der Waals surface area contributed by atoms with E-state index in [1.165, 1.54) is 19.1 Å². The molecule has 2 saturated heterocycles. The van der Waals surface area contributed by atoms with Crippen molar-refractivity contribution in [2.45, 2.75) is 12.1 Å². The van der Waals surface area contributed by atoms with Gasteiger partial charge in [-0.25, -0.2) is 4.90 Å². The van der Waals surface area contributed by atoms with Gasteiger partial charge in [-0.1, -0.05) is 72.8 Å². The van der Waals surface area contributed by atoms with E-state index in [9.17, 15) is 14.4 Å². The molecule has 7 rings (SSSR count). The minimum atomic E-state index is -0.872. The number of hydrogen-bond donors (Lipinski definition) is 0. The largest absolute Gasteiger partial charge is 0.497 e. The summed E-state index contributed by atoms with van der Waals surface area (Å²) in [7, 11) is 3.01. The molecule has 0 spiro atoms. The van der Waals surface area contributed by atoms with Crippen molar-refractivity contribution >= 4 is 45.8 Å². The molecule has 0 aliphatic carbocycles. The van der Waals surface area contributed by atoms with E-state index in [1.54, 1.807) is 30.3 Å². The first-order valence-electron chi connectivity index (χ1n) is 13.2. The fourth-order valence-corrected chi connectivity index (χ4v) is 6.61. The first kappa shape index (κ1) is 24.2. The molecule has 3 aliphatic rings. The SMILES string of the molecule is COc1ccc(OC)c(N2C(=O)[C@@H]3[C@H](C2=O)[C@@H]2C=Cc4c(ccc5ccccc45)N2[C@@H]3C(=O)c2ccccc2)c1. The normalized spacial score (nSPS) is 22.8. The highest BCUT2D eigenvalue weighted by atomic mass is 16.5. The lowest BCUT2D eigenvalue weighted by atomic mass is 9.86. The molecule has 7 heteroatoms. The number of fused-ring (bicyclic) bond motifs is 7. The van der Waals surface area contributed by atoms with Gasteiger partial charge in [-0.2, -0.15) is 0 Å². The van der Waals surface area contributed by atoms with E-state index in [2.05, 4.69) is 6.07 Å². The number of ether oxygens (including phenoxy) is 2. The molecule has 0 aromatic heterocycles. The van der Waals surface area contributed by atoms with Crippen LogP contribution < -0.4 is 19.3 Å². The van der Waals surface area contributed by atoms with Gasteiger partial charge in [0.05, 0.1) is 37.8 Å². The number of nitrogens with zero attached hydrogens (tertiary/aromatic N) is 2. The fraction of sp³-hybridized carbons (Fsp3) is 0.182. The minimum Gasteiger partial charge on any atom is -0.497 e. The van der Waals surface area contributed by atoms with Crippen molar-refractivity contribution < 1.29 is 23.9 Å². The average molecular weight is 531 g/mol. The molecule has 7 nitrogen and oxygen atoms in total. The van der Waals surface area contributed by atoms with Gasteiger partial charge in [0.25, 0.3) is 0 Å². The highest BCUT2D eigenvalue weighted by molar-refractivity contribution is 6.26. The van der Waals surface area contributed by atoms with Crippen LogP contribution in [0, 0.1) is 11.8 Å². The number of rotatable bonds is 5. The third kappa shape index (κ3) is 3.33. The van der Waals surface area contributed by atoms with Crippen LogP contribution >= 0.6 is 0 Å². The first-order valence-corrected chi connectivity index (χ1v) is 13.2. The zero-order valence-electron chi connectivity index (χ0n) is 22.0. The number of methoxy groups -OCH3 is 2. The molecule has 0 unspecified atom stereocenters. The van der Waals surface area contributed by atoms with Crippen LogP contribution in [0.5, 0.6) is 11.5 Å². The predicted octanol–water partition coefficient (Wildman–Crippen LogP) is 5.13. The number of imide groups is 1. The van der Waals surface area contributed by atoms with Gasteiger partial charge in [-0.15, -0.1) is 0 Å². The Morgan fingerprint density at radius 3 is 2.30 bits per heavy atom. The molecular formula is C33H26N2O5. The van der Waals surface area contributed by atoms with Gasteiger partial charge < -0.3 is 14.4 Å². The van der Waals surface area contributed by atoms with Crippen molar-refractivity contribution in [3.8, 4) is 11.5 Å². The fourth-order valence-electron chi connectivity index (χ4n) is 6.61. The number of amides is 2. The molecule has 2 amide bonds. The highest BCUT2D eigenvalue weighted by Crippen LogP contribution is 2.51. The van der Waals surface area contributed by atoms with Crippen LogP contribution in [0.2, 0.25) is 0 Å². The average Bonchev–Trinajstić information content (AvgIpc) is 3.48. The standard InChI is InChI=1S/C33H26N2O5/c1-39-21-13-17-27(40-2)26(18-21)35-32(37)28-25-16-14-23-22-11-7-6-8-19(22)12-15-24(23)34(25)30(29(28)33(35)38)31(36)20-9-4-3-5-10-20/h3-18,25,28-30H,1-2H3/t25-,28+,29+,30-/m0/s1.